The molecule has 0 spiro atoms. The summed E-state index contributed by atoms with van der Waals surface area (Å²) in [4.78, 5) is 25.6. The van der Waals surface area contributed by atoms with E-state index in [1.165, 1.54) is 24.5 Å². The Kier molecular flexibility index (Phi) is 8.14. The van der Waals surface area contributed by atoms with Gasteiger partial charge in [0.1, 0.15) is 5.75 Å². The first kappa shape index (κ1) is 20.8. The number of amides is 2. The van der Waals surface area contributed by atoms with Crippen LogP contribution in [0.5, 0.6) is 5.75 Å². The third-order valence-electron chi connectivity index (χ3n) is 4.20. The number of ether oxygens (including phenoxy) is 1. The molecule has 0 saturated carbocycles. The van der Waals surface area contributed by atoms with Gasteiger partial charge in [0.2, 0.25) is 11.8 Å². The van der Waals surface area contributed by atoms with Gasteiger partial charge in [-0.05, 0) is 36.6 Å². The zero-order valence-corrected chi connectivity index (χ0v) is 16.5. The molecule has 0 heterocycles. The van der Waals surface area contributed by atoms with Crippen LogP contribution in [0.4, 0.5) is 5.69 Å². The second-order valence-electron chi connectivity index (χ2n) is 6.18. The smallest absolute Gasteiger partial charge is 0.223 e. The van der Waals surface area contributed by atoms with Crippen LogP contribution in [0.2, 0.25) is 5.02 Å². The lowest BCUT2D eigenvalue weighted by Gasteiger charge is -2.21. The van der Waals surface area contributed by atoms with Gasteiger partial charge in [-0.3, -0.25) is 9.59 Å². The van der Waals surface area contributed by atoms with Crippen molar-refractivity contribution >= 4 is 29.1 Å². The maximum atomic E-state index is 12.1. The quantitative estimate of drug-likeness (QED) is 0.664. The van der Waals surface area contributed by atoms with Crippen molar-refractivity contribution in [1.82, 2.24) is 5.32 Å². The Balaban J connectivity index is 1.80. The molecule has 2 rings (SSSR count). The van der Waals surface area contributed by atoms with E-state index in [0.717, 1.165) is 12.8 Å². The Morgan fingerprint density at radius 2 is 1.89 bits per heavy atom. The summed E-state index contributed by atoms with van der Waals surface area (Å²) in [7, 11) is 1.53. The number of rotatable bonds is 9. The van der Waals surface area contributed by atoms with Crippen LogP contribution in [0.25, 0.3) is 0 Å². The van der Waals surface area contributed by atoms with Crippen LogP contribution in [-0.2, 0) is 16.0 Å². The molecule has 0 bridgehead atoms. The van der Waals surface area contributed by atoms with Gasteiger partial charge in [-0.25, -0.2) is 0 Å². The van der Waals surface area contributed by atoms with E-state index in [4.69, 9.17) is 16.3 Å². The highest BCUT2D eigenvalue weighted by Crippen LogP contribution is 2.29. The van der Waals surface area contributed by atoms with E-state index in [9.17, 15) is 9.59 Å². The highest BCUT2D eigenvalue weighted by atomic mass is 35.5. The van der Waals surface area contributed by atoms with E-state index in [1.807, 2.05) is 18.2 Å². The first-order valence-electron chi connectivity index (χ1n) is 8.93. The molecule has 0 aromatic heterocycles. The van der Waals surface area contributed by atoms with Gasteiger partial charge in [0.05, 0.1) is 12.1 Å². The first-order chi connectivity index (χ1) is 13.0. The number of nitrogens with one attached hydrogen (secondary N) is 1. The Morgan fingerprint density at radius 3 is 2.52 bits per heavy atom. The number of hydrogen-bond donors (Lipinski definition) is 1. The lowest BCUT2D eigenvalue weighted by Crippen LogP contribution is -2.34. The molecule has 0 unspecified atom stereocenters. The molecule has 0 atom stereocenters. The van der Waals surface area contributed by atoms with Crippen molar-refractivity contribution in [2.45, 2.75) is 26.2 Å². The SMILES string of the molecule is COc1ccc(N(CCC(=O)NCCCc2ccccc2)C(C)=O)cc1Cl. The van der Waals surface area contributed by atoms with Crippen molar-refractivity contribution in [2.75, 3.05) is 25.1 Å². The second-order valence-corrected chi connectivity index (χ2v) is 6.59. The van der Waals surface area contributed by atoms with Gasteiger partial charge in [-0.1, -0.05) is 41.9 Å². The van der Waals surface area contributed by atoms with Crippen LogP contribution in [0.3, 0.4) is 0 Å². The van der Waals surface area contributed by atoms with Crippen LogP contribution in [0.15, 0.2) is 48.5 Å². The molecule has 2 amide bonds. The van der Waals surface area contributed by atoms with Gasteiger partial charge in [0.25, 0.3) is 0 Å². The molecule has 0 aliphatic rings. The predicted octanol–water partition coefficient (Wildman–Crippen LogP) is 3.84. The van der Waals surface area contributed by atoms with Gasteiger partial charge in [-0.15, -0.1) is 0 Å². The summed E-state index contributed by atoms with van der Waals surface area (Å²) in [5.74, 6) is 0.321. The van der Waals surface area contributed by atoms with Gasteiger partial charge in [0, 0.05) is 32.1 Å². The minimum absolute atomic E-state index is 0.0751. The van der Waals surface area contributed by atoms with Crippen molar-refractivity contribution < 1.29 is 14.3 Å². The highest BCUT2D eigenvalue weighted by Gasteiger charge is 2.15. The molecule has 0 aliphatic heterocycles. The molecule has 144 valence electrons. The summed E-state index contributed by atoms with van der Waals surface area (Å²) < 4.78 is 5.13. The standard InChI is InChI=1S/C21H25ClN2O3/c1-16(25)24(18-10-11-20(27-2)19(22)15-18)14-12-21(26)23-13-6-9-17-7-4-3-5-8-17/h3-5,7-8,10-11,15H,6,9,12-14H2,1-2H3,(H,23,26). The normalized spacial score (nSPS) is 10.3. The fourth-order valence-electron chi connectivity index (χ4n) is 2.76. The lowest BCUT2D eigenvalue weighted by molar-refractivity contribution is -0.121. The van der Waals surface area contributed by atoms with E-state index < -0.39 is 0 Å². The van der Waals surface area contributed by atoms with Crippen molar-refractivity contribution in [2.24, 2.45) is 0 Å². The number of anilines is 1. The molecule has 0 fully saturated rings. The van der Waals surface area contributed by atoms with Crippen molar-refractivity contribution in [3.63, 3.8) is 0 Å². The molecule has 27 heavy (non-hydrogen) atoms. The average molecular weight is 389 g/mol. The van der Waals surface area contributed by atoms with Crippen LogP contribution >= 0.6 is 11.6 Å². The fraction of sp³-hybridized carbons (Fsp3) is 0.333. The van der Waals surface area contributed by atoms with Crippen molar-refractivity contribution in [3.8, 4) is 5.75 Å². The molecular weight excluding hydrogens is 364 g/mol. The monoisotopic (exact) mass is 388 g/mol. The summed E-state index contributed by atoms with van der Waals surface area (Å²) in [5, 5.41) is 3.33. The van der Waals surface area contributed by atoms with E-state index in [-0.39, 0.29) is 18.2 Å². The van der Waals surface area contributed by atoms with Crippen LogP contribution in [-0.4, -0.2) is 32.0 Å². The van der Waals surface area contributed by atoms with Gasteiger partial charge in [-0.2, -0.15) is 0 Å². The van der Waals surface area contributed by atoms with Crippen molar-refractivity contribution in [1.29, 1.82) is 0 Å². The Labute approximate surface area is 165 Å². The number of carbonyl (C=O) groups is 2. The first-order valence-corrected chi connectivity index (χ1v) is 9.31. The predicted molar refractivity (Wildman–Crippen MR) is 108 cm³/mol. The van der Waals surface area contributed by atoms with E-state index in [2.05, 4.69) is 17.4 Å². The lowest BCUT2D eigenvalue weighted by atomic mass is 10.1. The number of carbonyl (C=O) groups excluding carboxylic acids is 2. The highest BCUT2D eigenvalue weighted by molar-refractivity contribution is 6.32. The summed E-state index contributed by atoms with van der Waals surface area (Å²) in [6, 6.07) is 15.3. The molecule has 1 N–H and O–H groups in total. The number of hydrogen-bond acceptors (Lipinski definition) is 3. The van der Waals surface area contributed by atoms with Gasteiger partial charge in [0.15, 0.2) is 0 Å². The number of aryl methyl sites for hydroxylation is 1. The van der Waals surface area contributed by atoms with Crippen LogP contribution in [0.1, 0.15) is 25.3 Å². The van der Waals surface area contributed by atoms with Gasteiger partial charge < -0.3 is 15.0 Å². The molecule has 2 aromatic carbocycles. The molecule has 0 radical (unpaired) electrons. The molecule has 5 nitrogen and oxygen atoms in total. The summed E-state index contributed by atoms with van der Waals surface area (Å²) in [5.41, 5.74) is 1.90. The van der Waals surface area contributed by atoms with Crippen LogP contribution in [0, 0.1) is 0 Å². The minimum Gasteiger partial charge on any atom is -0.495 e. The van der Waals surface area contributed by atoms with E-state index in [1.54, 1.807) is 18.2 Å². The number of nitrogens with zero attached hydrogens (tertiary/aromatic N) is 1. The zero-order chi connectivity index (χ0) is 19.6. The molecular formula is C21H25ClN2O3. The third-order valence-corrected chi connectivity index (χ3v) is 4.49. The summed E-state index contributed by atoms with van der Waals surface area (Å²) in [6.07, 6.45) is 2.03. The average Bonchev–Trinajstić information content (AvgIpc) is 2.66. The Bertz CT molecular complexity index is 765. The summed E-state index contributed by atoms with van der Waals surface area (Å²) in [6.45, 7) is 2.38. The Hall–Kier alpha value is -2.53. The topological polar surface area (TPSA) is 58.6 Å². The zero-order valence-electron chi connectivity index (χ0n) is 15.7. The molecule has 6 heteroatoms. The summed E-state index contributed by atoms with van der Waals surface area (Å²) >= 11 is 6.13. The fourth-order valence-corrected chi connectivity index (χ4v) is 3.01. The molecule has 0 saturated heterocycles. The minimum atomic E-state index is -0.145. The third kappa shape index (κ3) is 6.61. The second kappa shape index (κ2) is 10.6. The van der Waals surface area contributed by atoms with Gasteiger partial charge >= 0.3 is 0 Å². The number of halogens is 1. The van der Waals surface area contributed by atoms with E-state index >= 15 is 0 Å². The van der Waals surface area contributed by atoms with Crippen molar-refractivity contribution in [3.05, 3.63) is 59.1 Å². The Morgan fingerprint density at radius 1 is 1.15 bits per heavy atom. The largest absolute Gasteiger partial charge is 0.495 e. The number of benzene rings is 2. The van der Waals surface area contributed by atoms with E-state index in [0.29, 0.717) is 29.5 Å². The van der Waals surface area contributed by atoms with Crippen LogP contribution < -0.4 is 15.0 Å². The maximum Gasteiger partial charge on any atom is 0.223 e. The number of methoxy groups -OCH3 is 1. The maximum absolute atomic E-state index is 12.1. The molecule has 0 aliphatic carbocycles. The molecule has 2 aromatic rings.